The van der Waals surface area contributed by atoms with Gasteiger partial charge in [-0.05, 0) is 51.1 Å². The van der Waals surface area contributed by atoms with Crippen molar-refractivity contribution in [3.63, 3.8) is 0 Å². The van der Waals surface area contributed by atoms with Gasteiger partial charge in [-0.3, -0.25) is 14.9 Å². The Hall–Kier alpha value is -3.45. The Kier molecular flexibility index (Phi) is 7.74. The quantitative estimate of drug-likeness (QED) is 0.536. The fraction of sp³-hybridized carbons (Fsp3) is 0.556. The molecule has 0 spiro atoms. The topological polar surface area (TPSA) is 114 Å². The van der Waals surface area contributed by atoms with Gasteiger partial charge in [0.15, 0.2) is 0 Å². The highest BCUT2D eigenvalue weighted by atomic mass is 32.2. The molecular formula is C27H36N10O2S. The van der Waals surface area contributed by atoms with Crippen LogP contribution in [0.15, 0.2) is 17.0 Å². The van der Waals surface area contributed by atoms with Gasteiger partial charge in [0.05, 0.1) is 10.6 Å². The first-order chi connectivity index (χ1) is 19.4. The summed E-state index contributed by atoms with van der Waals surface area (Å²) in [5.41, 5.74) is 1.62. The van der Waals surface area contributed by atoms with Gasteiger partial charge in [0.25, 0.3) is 11.1 Å². The van der Waals surface area contributed by atoms with Crippen molar-refractivity contribution < 1.29 is 9.59 Å². The Morgan fingerprint density at radius 1 is 0.725 bits per heavy atom. The van der Waals surface area contributed by atoms with E-state index >= 15 is 0 Å². The highest BCUT2D eigenvalue weighted by Gasteiger charge is 2.27. The molecule has 0 aromatic carbocycles. The summed E-state index contributed by atoms with van der Waals surface area (Å²) >= 11 is 0.909. The molecule has 12 nitrogen and oxygen atoms in total. The molecule has 1 N–H and O–H groups in total. The second kappa shape index (κ2) is 11.6. The minimum absolute atomic E-state index is 0.356. The van der Waals surface area contributed by atoms with E-state index in [1.165, 1.54) is 12.8 Å². The van der Waals surface area contributed by atoms with Gasteiger partial charge in [0.2, 0.25) is 11.9 Å². The molecule has 0 aliphatic carbocycles. The van der Waals surface area contributed by atoms with Gasteiger partial charge in [0, 0.05) is 83.3 Å². The molecule has 2 aromatic rings. The minimum atomic E-state index is -0.379. The Morgan fingerprint density at radius 2 is 1.30 bits per heavy atom. The van der Waals surface area contributed by atoms with Gasteiger partial charge in [-0.25, -0.2) is 9.97 Å². The number of amides is 2. The van der Waals surface area contributed by atoms with Crippen molar-refractivity contribution >= 4 is 52.5 Å². The van der Waals surface area contributed by atoms with Crippen molar-refractivity contribution in [2.45, 2.75) is 26.2 Å². The van der Waals surface area contributed by atoms with Crippen LogP contribution >= 0.6 is 11.8 Å². The Morgan fingerprint density at radius 3 is 2.02 bits per heavy atom. The summed E-state index contributed by atoms with van der Waals surface area (Å²) in [6, 6.07) is 4.00. The van der Waals surface area contributed by atoms with E-state index in [0.717, 1.165) is 107 Å². The van der Waals surface area contributed by atoms with Crippen LogP contribution < -0.4 is 24.9 Å². The maximum absolute atomic E-state index is 12.2. The number of nitrogens with one attached hydrogen (secondary N) is 1. The number of hydrogen-bond acceptors (Lipinski definition) is 12. The molecule has 40 heavy (non-hydrogen) atoms. The van der Waals surface area contributed by atoms with Crippen LogP contribution in [0.3, 0.4) is 0 Å². The van der Waals surface area contributed by atoms with Crippen LogP contribution in [-0.4, -0.2) is 108 Å². The van der Waals surface area contributed by atoms with E-state index in [1.807, 2.05) is 13.0 Å². The number of hydrogen-bond donors (Lipinski definition) is 1. The number of carbonyl (C=O) groups is 2. The molecule has 2 amide bonds. The summed E-state index contributed by atoms with van der Waals surface area (Å²) in [5, 5.41) is 1.97. The largest absolute Gasteiger partial charge is 0.355 e. The van der Waals surface area contributed by atoms with Gasteiger partial charge < -0.3 is 24.5 Å². The Balaban J connectivity index is 1.25. The molecule has 4 aliphatic heterocycles. The molecule has 6 heterocycles. The lowest BCUT2D eigenvalue weighted by Gasteiger charge is -2.34. The van der Waals surface area contributed by atoms with E-state index < -0.39 is 0 Å². The molecule has 4 saturated heterocycles. The van der Waals surface area contributed by atoms with Gasteiger partial charge in [-0.15, -0.1) is 0 Å². The van der Waals surface area contributed by atoms with Crippen LogP contribution in [0.2, 0.25) is 0 Å². The Labute approximate surface area is 238 Å². The number of likely N-dealkylation sites (N-methyl/N-ethyl adjacent to an activating group) is 1. The summed E-state index contributed by atoms with van der Waals surface area (Å²) < 4.78 is 0. The number of aryl methyl sites for hydroxylation is 1. The number of carbonyl (C=O) groups excluding carboxylic acids is 2. The monoisotopic (exact) mass is 564 g/mol. The highest BCUT2D eigenvalue weighted by Crippen LogP contribution is 2.28. The number of aromatic nitrogens is 4. The van der Waals surface area contributed by atoms with Crippen LogP contribution in [0.4, 0.5) is 28.3 Å². The van der Waals surface area contributed by atoms with Crippen LogP contribution in [0.1, 0.15) is 30.7 Å². The maximum atomic E-state index is 12.2. The number of piperazine rings is 1. The number of rotatable bonds is 5. The zero-order valence-electron chi connectivity index (χ0n) is 23.2. The smallest absolute Gasteiger partial charge is 0.290 e. The van der Waals surface area contributed by atoms with Crippen molar-refractivity contribution in [2.24, 2.45) is 0 Å². The second-order valence-electron chi connectivity index (χ2n) is 10.8. The second-order valence-corrected chi connectivity index (χ2v) is 11.8. The normalized spacial score (nSPS) is 21.9. The first-order valence-electron chi connectivity index (χ1n) is 14.1. The third kappa shape index (κ3) is 5.99. The molecule has 0 saturated carbocycles. The van der Waals surface area contributed by atoms with Crippen LogP contribution in [-0.2, 0) is 4.79 Å². The fourth-order valence-electron chi connectivity index (χ4n) is 5.51. The third-order valence-corrected chi connectivity index (χ3v) is 8.60. The standard InChI is InChI=1S/C27H36N10O2S/c1-19-16-22(30-25(28-19)36-6-3-4-7-36)34-8-5-9-37(15-14-34)26-29-20(17-21-24(38)32-27(39)40-21)18-23(31-26)35-12-10-33(2)11-13-35/h16-18H,3-15H2,1-2H3,(H,32,38,39)/b21-17-. The molecular weight excluding hydrogens is 528 g/mol. The first-order valence-corrected chi connectivity index (χ1v) is 14.9. The van der Waals surface area contributed by atoms with Crippen LogP contribution in [0.25, 0.3) is 6.08 Å². The van der Waals surface area contributed by atoms with Crippen molar-refractivity contribution in [3.8, 4) is 0 Å². The summed E-state index contributed by atoms with van der Waals surface area (Å²) in [7, 11) is 2.13. The first kappa shape index (κ1) is 26.8. The summed E-state index contributed by atoms with van der Waals surface area (Å²) in [6.07, 6.45) is 5.02. The van der Waals surface area contributed by atoms with E-state index in [0.29, 0.717) is 16.5 Å². The lowest BCUT2D eigenvalue weighted by atomic mass is 10.3. The molecule has 13 heteroatoms. The predicted octanol–water partition coefficient (Wildman–Crippen LogP) is 1.97. The molecule has 4 fully saturated rings. The fourth-order valence-corrected chi connectivity index (χ4v) is 6.18. The number of thioether (sulfide) groups is 1. The number of imide groups is 1. The van der Waals surface area contributed by atoms with Gasteiger partial charge in [0.1, 0.15) is 11.6 Å². The lowest BCUT2D eigenvalue weighted by Crippen LogP contribution is -2.45. The molecule has 2 aromatic heterocycles. The third-order valence-electron chi connectivity index (χ3n) is 7.79. The SMILES string of the molecule is Cc1cc(N2CCCN(c3nc(/C=C4\SC(=O)NC4=O)cc(N4CCN(C)CC4)n3)CC2)nc(N2CCCC2)n1. The minimum Gasteiger partial charge on any atom is -0.355 e. The number of anilines is 4. The molecule has 0 bridgehead atoms. The van der Waals surface area contributed by atoms with Gasteiger partial charge in [-0.2, -0.15) is 9.97 Å². The predicted molar refractivity (Wildman–Crippen MR) is 158 cm³/mol. The van der Waals surface area contributed by atoms with E-state index in [9.17, 15) is 9.59 Å². The van der Waals surface area contributed by atoms with Gasteiger partial charge >= 0.3 is 0 Å². The molecule has 6 rings (SSSR count). The van der Waals surface area contributed by atoms with Crippen LogP contribution in [0, 0.1) is 6.92 Å². The zero-order chi connectivity index (χ0) is 27.6. The molecule has 4 aliphatic rings. The van der Waals surface area contributed by atoms with Crippen LogP contribution in [0.5, 0.6) is 0 Å². The van der Waals surface area contributed by atoms with E-state index in [-0.39, 0.29) is 11.1 Å². The average molecular weight is 565 g/mol. The summed E-state index contributed by atoms with van der Waals surface area (Å²) in [4.78, 5) is 55.3. The molecule has 0 radical (unpaired) electrons. The average Bonchev–Trinajstić information content (AvgIpc) is 3.51. The molecule has 0 atom stereocenters. The van der Waals surface area contributed by atoms with E-state index in [4.69, 9.17) is 19.9 Å². The maximum Gasteiger partial charge on any atom is 0.290 e. The molecule has 212 valence electrons. The van der Waals surface area contributed by atoms with Crippen molar-refractivity contribution in [3.05, 3.63) is 28.4 Å². The lowest BCUT2D eigenvalue weighted by molar-refractivity contribution is -0.115. The highest BCUT2D eigenvalue weighted by molar-refractivity contribution is 8.18. The molecule has 0 unspecified atom stereocenters. The van der Waals surface area contributed by atoms with E-state index in [1.54, 1.807) is 6.08 Å². The summed E-state index contributed by atoms with van der Waals surface area (Å²) in [6.45, 7) is 11.0. The summed E-state index contributed by atoms with van der Waals surface area (Å²) in [5.74, 6) is 2.93. The van der Waals surface area contributed by atoms with Crippen molar-refractivity contribution in [1.82, 2.24) is 30.2 Å². The zero-order valence-corrected chi connectivity index (χ0v) is 24.0. The van der Waals surface area contributed by atoms with Gasteiger partial charge in [-0.1, -0.05) is 0 Å². The van der Waals surface area contributed by atoms with E-state index in [2.05, 4.69) is 42.9 Å². The van der Waals surface area contributed by atoms with Crippen molar-refractivity contribution in [2.75, 3.05) is 92.1 Å². The number of nitrogens with zero attached hydrogens (tertiary/aromatic N) is 9. The van der Waals surface area contributed by atoms with Crippen molar-refractivity contribution in [1.29, 1.82) is 0 Å². The Bertz CT molecular complexity index is 1310.